The van der Waals surface area contributed by atoms with Gasteiger partial charge in [-0.3, -0.25) is 0 Å². The SMILES string of the molecule is CN(C)CC(C)(C)CNc1ccc(S(=O)(=O)C(F)(F)F)cc1. The molecule has 0 fully saturated rings. The fourth-order valence-electron chi connectivity index (χ4n) is 2.14. The summed E-state index contributed by atoms with van der Waals surface area (Å²) in [5.74, 6) is 0. The molecule has 0 aliphatic heterocycles. The highest BCUT2D eigenvalue weighted by Crippen LogP contribution is 2.30. The second kappa shape index (κ2) is 6.45. The van der Waals surface area contributed by atoms with Crippen molar-refractivity contribution >= 4 is 15.5 Å². The van der Waals surface area contributed by atoms with Gasteiger partial charge in [-0.2, -0.15) is 13.2 Å². The summed E-state index contributed by atoms with van der Waals surface area (Å²) in [6.07, 6.45) is 0. The number of hydrogen-bond acceptors (Lipinski definition) is 4. The standard InChI is InChI=1S/C14H21F3N2O2S/c1-13(2,10-19(3)4)9-18-11-5-7-12(8-6-11)22(20,21)14(15,16)17/h5-8,18H,9-10H2,1-4H3. The van der Waals surface area contributed by atoms with Crippen LogP contribution in [0, 0.1) is 5.41 Å². The van der Waals surface area contributed by atoms with E-state index in [0.717, 1.165) is 18.7 Å². The van der Waals surface area contributed by atoms with Gasteiger partial charge in [-0.25, -0.2) is 8.42 Å². The van der Waals surface area contributed by atoms with Crippen LogP contribution in [-0.4, -0.2) is 46.0 Å². The van der Waals surface area contributed by atoms with Crippen LogP contribution in [0.25, 0.3) is 0 Å². The zero-order chi connectivity index (χ0) is 17.2. The minimum Gasteiger partial charge on any atom is -0.384 e. The predicted molar refractivity (Wildman–Crippen MR) is 80.5 cm³/mol. The highest BCUT2D eigenvalue weighted by atomic mass is 32.2. The van der Waals surface area contributed by atoms with Crippen LogP contribution >= 0.6 is 0 Å². The number of alkyl halides is 3. The first kappa shape index (κ1) is 18.8. The molecule has 0 bridgehead atoms. The van der Waals surface area contributed by atoms with Crippen molar-refractivity contribution in [3.8, 4) is 0 Å². The first-order valence-electron chi connectivity index (χ1n) is 6.65. The molecule has 0 amide bonds. The third-order valence-corrected chi connectivity index (χ3v) is 4.49. The highest BCUT2D eigenvalue weighted by Gasteiger charge is 2.46. The van der Waals surface area contributed by atoms with Crippen molar-refractivity contribution in [2.45, 2.75) is 24.3 Å². The molecule has 0 saturated heterocycles. The predicted octanol–water partition coefficient (Wildman–Crippen LogP) is 2.98. The van der Waals surface area contributed by atoms with Gasteiger partial charge in [0.15, 0.2) is 0 Å². The monoisotopic (exact) mass is 338 g/mol. The molecule has 0 aliphatic rings. The van der Waals surface area contributed by atoms with Gasteiger partial charge in [-0.05, 0) is 43.8 Å². The Morgan fingerprint density at radius 3 is 2.00 bits per heavy atom. The van der Waals surface area contributed by atoms with E-state index in [1.54, 1.807) is 0 Å². The van der Waals surface area contributed by atoms with E-state index in [0.29, 0.717) is 12.2 Å². The fraction of sp³-hybridized carbons (Fsp3) is 0.571. The number of hydrogen-bond donors (Lipinski definition) is 1. The molecule has 22 heavy (non-hydrogen) atoms. The molecule has 1 aromatic rings. The smallest absolute Gasteiger partial charge is 0.384 e. The molecular weight excluding hydrogens is 317 g/mol. The van der Waals surface area contributed by atoms with Gasteiger partial charge >= 0.3 is 5.51 Å². The van der Waals surface area contributed by atoms with E-state index in [4.69, 9.17) is 0 Å². The van der Waals surface area contributed by atoms with Crippen LogP contribution in [0.5, 0.6) is 0 Å². The maximum atomic E-state index is 12.4. The van der Waals surface area contributed by atoms with E-state index in [1.807, 2.05) is 19.0 Å². The lowest BCUT2D eigenvalue weighted by atomic mass is 9.93. The first-order chi connectivity index (χ1) is 9.85. The minimum atomic E-state index is -5.29. The Bertz CT molecular complexity index is 594. The number of benzene rings is 1. The lowest BCUT2D eigenvalue weighted by molar-refractivity contribution is -0.0436. The van der Waals surface area contributed by atoms with E-state index in [1.165, 1.54) is 12.1 Å². The van der Waals surface area contributed by atoms with Crippen molar-refractivity contribution in [3.63, 3.8) is 0 Å². The van der Waals surface area contributed by atoms with Crippen LogP contribution in [0.2, 0.25) is 0 Å². The number of halogens is 3. The zero-order valence-corrected chi connectivity index (χ0v) is 13.8. The molecule has 1 rings (SSSR count). The van der Waals surface area contributed by atoms with Gasteiger partial charge in [0.2, 0.25) is 0 Å². The van der Waals surface area contributed by atoms with E-state index >= 15 is 0 Å². The van der Waals surface area contributed by atoms with Crippen molar-refractivity contribution in [3.05, 3.63) is 24.3 Å². The van der Waals surface area contributed by atoms with E-state index in [2.05, 4.69) is 19.2 Å². The molecule has 0 aromatic heterocycles. The third kappa shape index (κ3) is 4.88. The maximum absolute atomic E-state index is 12.4. The van der Waals surface area contributed by atoms with Gasteiger partial charge in [0.25, 0.3) is 9.84 Å². The number of sulfone groups is 1. The summed E-state index contributed by atoms with van der Waals surface area (Å²) in [7, 11) is -1.37. The molecule has 0 aliphatic carbocycles. The number of nitrogens with zero attached hydrogens (tertiary/aromatic N) is 1. The topological polar surface area (TPSA) is 49.4 Å². The molecule has 4 nitrogen and oxygen atoms in total. The summed E-state index contributed by atoms with van der Waals surface area (Å²) in [5.41, 5.74) is -4.75. The normalized spacial score (nSPS) is 13.5. The molecule has 126 valence electrons. The van der Waals surface area contributed by atoms with Crippen LogP contribution in [0.3, 0.4) is 0 Å². The Labute approximate surface area is 129 Å². The molecule has 8 heteroatoms. The van der Waals surface area contributed by atoms with Crippen LogP contribution in [0.4, 0.5) is 18.9 Å². The van der Waals surface area contributed by atoms with Gasteiger partial charge in [0.05, 0.1) is 4.90 Å². The maximum Gasteiger partial charge on any atom is 0.501 e. The Hall–Kier alpha value is -1.28. The zero-order valence-electron chi connectivity index (χ0n) is 13.0. The number of nitrogens with one attached hydrogen (secondary N) is 1. The molecule has 1 aromatic carbocycles. The fourth-order valence-corrected chi connectivity index (χ4v) is 2.90. The summed E-state index contributed by atoms with van der Waals surface area (Å²) in [4.78, 5) is 1.29. The molecule has 0 spiro atoms. The van der Waals surface area contributed by atoms with Gasteiger partial charge in [-0.1, -0.05) is 13.8 Å². The lowest BCUT2D eigenvalue weighted by Gasteiger charge is -2.28. The summed E-state index contributed by atoms with van der Waals surface area (Å²) in [6.45, 7) is 5.56. The molecule has 0 saturated carbocycles. The Balaban J connectivity index is 2.79. The second-order valence-electron chi connectivity index (χ2n) is 6.23. The molecule has 0 atom stereocenters. The number of anilines is 1. The van der Waals surface area contributed by atoms with E-state index in [9.17, 15) is 21.6 Å². The largest absolute Gasteiger partial charge is 0.501 e. The Morgan fingerprint density at radius 1 is 1.09 bits per heavy atom. The quantitative estimate of drug-likeness (QED) is 0.866. The second-order valence-corrected chi connectivity index (χ2v) is 8.17. The lowest BCUT2D eigenvalue weighted by Crippen LogP contribution is -2.34. The molecular formula is C14H21F3N2O2S. The average molecular weight is 338 g/mol. The summed E-state index contributed by atoms with van der Waals surface area (Å²) < 4.78 is 59.8. The van der Waals surface area contributed by atoms with Crippen molar-refractivity contribution in [2.75, 3.05) is 32.5 Å². The molecule has 1 N–H and O–H groups in total. The van der Waals surface area contributed by atoms with E-state index < -0.39 is 20.2 Å². The van der Waals surface area contributed by atoms with Gasteiger partial charge in [0.1, 0.15) is 0 Å². The van der Waals surface area contributed by atoms with Gasteiger partial charge in [-0.15, -0.1) is 0 Å². The number of rotatable bonds is 6. The third-order valence-electron chi connectivity index (χ3n) is 2.98. The van der Waals surface area contributed by atoms with Gasteiger partial charge in [0, 0.05) is 18.8 Å². The van der Waals surface area contributed by atoms with Crippen molar-refractivity contribution < 1.29 is 21.6 Å². The van der Waals surface area contributed by atoms with Crippen LogP contribution in [0.15, 0.2) is 29.2 Å². The van der Waals surface area contributed by atoms with Crippen LogP contribution < -0.4 is 5.32 Å². The van der Waals surface area contributed by atoms with Gasteiger partial charge < -0.3 is 10.2 Å². The first-order valence-corrected chi connectivity index (χ1v) is 8.13. The summed E-state index contributed by atoms with van der Waals surface area (Å²) in [5, 5.41) is 3.10. The van der Waals surface area contributed by atoms with Crippen LogP contribution in [0.1, 0.15) is 13.8 Å². The summed E-state index contributed by atoms with van der Waals surface area (Å²) in [6, 6.07) is 4.60. The van der Waals surface area contributed by atoms with Crippen molar-refractivity contribution in [1.29, 1.82) is 0 Å². The molecule has 0 radical (unpaired) electrons. The van der Waals surface area contributed by atoms with Crippen molar-refractivity contribution in [2.24, 2.45) is 5.41 Å². The van der Waals surface area contributed by atoms with E-state index in [-0.39, 0.29) is 5.41 Å². The Kier molecular flexibility index (Phi) is 5.51. The Morgan fingerprint density at radius 2 is 1.59 bits per heavy atom. The van der Waals surface area contributed by atoms with Crippen LogP contribution in [-0.2, 0) is 9.84 Å². The average Bonchev–Trinajstić information content (AvgIpc) is 2.34. The highest BCUT2D eigenvalue weighted by molar-refractivity contribution is 7.92. The summed E-state index contributed by atoms with van der Waals surface area (Å²) >= 11 is 0. The minimum absolute atomic E-state index is 0.0415. The van der Waals surface area contributed by atoms with Crippen molar-refractivity contribution in [1.82, 2.24) is 4.90 Å². The molecule has 0 heterocycles. The molecule has 0 unspecified atom stereocenters.